The van der Waals surface area contributed by atoms with E-state index in [0.717, 1.165) is 12.3 Å². The zero-order chi connectivity index (χ0) is 11.9. The highest BCUT2D eigenvalue weighted by Gasteiger charge is 2.22. The summed E-state index contributed by atoms with van der Waals surface area (Å²) in [5.41, 5.74) is 0. The second-order valence-corrected chi connectivity index (χ2v) is 5.60. The van der Waals surface area contributed by atoms with E-state index in [-0.39, 0.29) is 0 Å². The van der Waals surface area contributed by atoms with Crippen LogP contribution in [0.15, 0.2) is 0 Å². The van der Waals surface area contributed by atoms with Crippen LogP contribution in [0.5, 0.6) is 0 Å². The van der Waals surface area contributed by atoms with Crippen LogP contribution in [0, 0.1) is 18.3 Å². The van der Waals surface area contributed by atoms with E-state index < -0.39 is 0 Å². The fraction of sp³-hybridized carbons (Fsp3) is 0.867. The average molecular weight is 234 g/mol. The number of rotatable bonds is 5. The summed E-state index contributed by atoms with van der Waals surface area (Å²) in [6, 6.07) is 0. The topological polar surface area (TPSA) is 6.48 Å². The lowest BCUT2D eigenvalue weighted by atomic mass is 9.96. The highest BCUT2D eigenvalue weighted by atomic mass is 15.2. The van der Waals surface area contributed by atoms with E-state index in [1.54, 1.807) is 0 Å². The number of hydrogen-bond acceptors (Lipinski definition) is 2. The summed E-state index contributed by atoms with van der Waals surface area (Å²) in [6.45, 7) is 7.86. The summed E-state index contributed by atoms with van der Waals surface area (Å²) < 4.78 is 0. The third-order valence-electron chi connectivity index (χ3n) is 4.22. The molecule has 0 aromatic heterocycles. The maximum Gasteiger partial charge on any atom is 0.00982 e. The summed E-state index contributed by atoms with van der Waals surface area (Å²) in [6.07, 6.45) is 13.0. The molecule has 2 heteroatoms. The van der Waals surface area contributed by atoms with Gasteiger partial charge in [0.1, 0.15) is 0 Å². The third-order valence-corrected chi connectivity index (χ3v) is 4.22. The smallest absolute Gasteiger partial charge is 0.00982 e. The van der Waals surface area contributed by atoms with E-state index >= 15 is 0 Å². The van der Waals surface area contributed by atoms with Gasteiger partial charge in [0.05, 0.1) is 0 Å². The van der Waals surface area contributed by atoms with Crippen molar-refractivity contribution in [3.63, 3.8) is 0 Å². The molecular formula is C15H26N2. The first kappa shape index (κ1) is 12.9. The molecule has 0 aromatic rings. The van der Waals surface area contributed by atoms with Crippen LogP contribution in [-0.2, 0) is 0 Å². The second-order valence-electron chi connectivity index (χ2n) is 5.60. The number of likely N-dealkylation sites (tertiary alicyclic amines) is 2. The van der Waals surface area contributed by atoms with Gasteiger partial charge >= 0.3 is 0 Å². The van der Waals surface area contributed by atoms with Crippen LogP contribution in [0.25, 0.3) is 0 Å². The van der Waals surface area contributed by atoms with Crippen LogP contribution < -0.4 is 0 Å². The summed E-state index contributed by atoms with van der Waals surface area (Å²) in [5.74, 6) is 3.69. The first-order valence-electron chi connectivity index (χ1n) is 7.26. The van der Waals surface area contributed by atoms with E-state index in [1.165, 1.54) is 71.4 Å². The van der Waals surface area contributed by atoms with Gasteiger partial charge in [-0.2, -0.15) is 0 Å². The van der Waals surface area contributed by atoms with E-state index in [2.05, 4.69) is 15.7 Å². The minimum atomic E-state index is 0.938. The van der Waals surface area contributed by atoms with Crippen LogP contribution in [0.1, 0.15) is 38.5 Å². The monoisotopic (exact) mass is 234 g/mol. The van der Waals surface area contributed by atoms with E-state index in [4.69, 9.17) is 6.42 Å². The van der Waals surface area contributed by atoms with Gasteiger partial charge in [0.2, 0.25) is 0 Å². The molecule has 0 bridgehead atoms. The predicted molar refractivity (Wildman–Crippen MR) is 72.9 cm³/mol. The molecule has 0 atom stereocenters. The lowest BCUT2D eigenvalue weighted by Gasteiger charge is -2.33. The van der Waals surface area contributed by atoms with Crippen molar-refractivity contribution in [2.75, 3.05) is 39.3 Å². The molecule has 2 heterocycles. The Morgan fingerprint density at radius 3 is 2.35 bits per heavy atom. The molecule has 0 unspecified atom stereocenters. The Hall–Kier alpha value is -0.520. The minimum Gasteiger partial charge on any atom is -0.303 e. The normalized spacial score (nSPS) is 23.9. The molecule has 96 valence electrons. The predicted octanol–water partition coefficient (Wildman–Crippen LogP) is 2.21. The van der Waals surface area contributed by atoms with Gasteiger partial charge < -0.3 is 9.80 Å². The van der Waals surface area contributed by atoms with Gasteiger partial charge in [0.25, 0.3) is 0 Å². The summed E-state index contributed by atoms with van der Waals surface area (Å²) in [4.78, 5) is 5.26. The van der Waals surface area contributed by atoms with E-state index in [1.807, 2.05) is 0 Å². The molecule has 2 rings (SSSR count). The number of nitrogens with zero attached hydrogens (tertiary/aromatic N) is 2. The van der Waals surface area contributed by atoms with Gasteiger partial charge in [-0.3, -0.25) is 0 Å². The van der Waals surface area contributed by atoms with Crippen molar-refractivity contribution < 1.29 is 0 Å². The first-order valence-corrected chi connectivity index (χ1v) is 7.26. The average Bonchev–Trinajstić information content (AvgIpc) is 2.85. The fourth-order valence-electron chi connectivity index (χ4n) is 3.13. The molecule has 0 radical (unpaired) electrons. The van der Waals surface area contributed by atoms with Gasteiger partial charge in [-0.1, -0.05) is 0 Å². The summed E-state index contributed by atoms with van der Waals surface area (Å²) >= 11 is 0. The quantitative estimate of drug-likeness (QED) is 0.531. The third kappa shape index (κ3) is 4.33. The van der Waals surface area contributed by atoms with Crippen LogP contribution in [-0.4, -0.2) is 49.1 Å². The van der Waals surface area contributed by atoms with Crippen LogP contribution in [0.2, 0.25) is 0 Å². The molecule has 0 saturated carbocycles. The number of unbranched alkanes of at least 4 members (excludes halogenated alkanes) is 1. The molecule has 0 aliphatic carbocycles. The Morgan fingerprint density at radius 2 is 1.71 bits per heavy atom. The number of piperidine rings is 1. The number of terminal acetylenes is 1. The lowest BCUT2D eigenvalue weighted by molar-refractivity contribution is 0.153. The maximum atomic E-state index is 5.28. The highest BCUT2D eigenvalue weighted by Crippen LogP contribution is 2.20. The maximum absolute atomic E-state index is 5.28. The van der Waals surface area contributed by atoms with Crippen molar-refractivity contribution >= 4 is 0 Å². The largest absolute Gasteiger partial charge is 0.303 e. The summed E-state index contributed by atoms with van der Waals surface area (Å²) in [5, 5.41) is 0. The highest BCUT2D eigenvalue weighted by molar-refractivity contribution is 4.84. The van der Waals surface area contributed by atoms with Gasteiger partial charge in [-0.25, -0.2) is 0 Å². The second kappa shape index (κ2) is 7.03. The molecule has 17 heavy (non-hydrogen) atoms. The van der Waals surface area contributed by atoms with Crippen molar-refractivity contribution in [2.24, 2.45) is 5.92 Å². The molecule has 0 spiro atoms. The lowest BCUT2D eigenvalue weighted by Crippen LogP contribution is -2.38. The van der Waals surface area contributed by atoms with Crippen LogP contribution in [0.3, 0.4) is 0 Å². The molecule has 2 fully saturated rings. The van der Waals surface area contributed by atoms with Crippen molar-refractivity contribution in [3.05, 3.63) is 0 Å². The standard InChI is InChI=1S/C15H26N2/c1-2-3-4-9-16-12-7-15(8-13-16)14-17-10-5-6-11-17/h1,15H,3-14H2. The van der Waals surface area contributed by atoms with E-state index in [0.29, 0.717) is 0 Å². The zero-order valence-corrected chi connectivity index (χ0v) is 11.0. The van der Waals surface area contributed by atoms with Gasteiger partial charge in [0, 0.05) is 13.0 Å². The molecule has 0 amide bonds. The molecule has 2 aliphatic heterocycles. The fourth-order valence-corrected chi connectivity index (χ4v) is 3.13. The van der Waals surface area contributed by atoms with Gasteiger partial charge in [0.15, 0.2) is 0 Å². The van der Waals surface area contributed by atoms with Gasteiger partial charge in [-0.05, 0) is 70.7 Å². The summed E-state index contributed by atoms with van der Waals surface area (Å²) in [7, 11) is 0. The van der Waals surface area contributed by atoms with E-state index in [9.17, 15) is 0 Å². The van der Waals surface area contributed by atoms with Crippen molar-refractivity contribution in [2.45, 2.75) is 38.5 Å². The Kier molecular flexibility index (Phi) is 5.35. The Morgan fingerprint density at radius 1 is 1.00 bits per heavy atom. The molecule has 2 aliphatic rings. The Labute approximate surface area is 106 Å². The van der Waals surface area contributed by atoms with Crippen molar-refractivity contribution in [1.82, 2.24) is 9.80 Å². The molecule has 2 saturated heterocycles. The van der Waals surface area contributed by atoms with Crippen molar-refractivity contribution in [3.8, 4) is 12.3 Å². The minimum absolute atomic E-state index is 0.938. The SMILES string of the molecule is C#CCCCN1CCC(CN2CCCC2)CC1. The zero-order valence-electron chi connectivity index (χ0n) is 11.0. The Bertz CT molecular complexity index is 242. The first-order chi connectivity index (χ1) is 8.38. The Balaban J connectivity index is 1.59. The van der Waals surface area contributed by atoms with Crippen LogP contribution in [0.4, 0.5) is 0 Å². The molecule has 0 aromatic carbocycles. The van der Waals surface area contributed by atoms with Gasteiger partial charge in [-0.15, -0.1) is 12.3 Å². The van der Waals surface area contributed by atoms with Crippen LogP contribution >= 0.6 is 0 Å². The van der Waals surface area contributed by atoms with Crippen molar-refractivity contribution in [1.29, 1.82) is 0 Å². The number of hydrogen-bond donors (Lipinski definition) is 0. The molecule has 0 N–H and O–H groups in total. The molecular weight excluding hydrogens is 208 g/mol. The molecule has 2 nitrogen and oxygen atoms in total.